The van der Waals surface area contributed by atoms with E-state index in [1.807, 2.05) is 4.68 Å². The topological polar surface area (TPSA) is 57.7 Å². The highest BCUT2D eigenvalue weighted by atomic mass is 15.4. The summed E-state index contributed by atoms with van der Waals surface area (Å²) in [6, 6.07) is 2.72. The second-order valence-corrected chi connectivity index (χ2v) is 4.47. The van der Waals surface area contributed by atoms with Crippen LogP contribution in [-0.2, 0) is 6.54 Å². The molecule has 5 nitrogen and oxygen atoms in total. The molecule has 0 bridgehead atoms. The first-order chi connectivity index (χ1) is 7.72. The summed E-state index contributed by atoms with van der Waals surface area (Å²) in [5, 5.41) is 13.2. The molecular weight excluding hydrogens is 202 g/mol. The molecule has 0 amide bonds. The second kappa shape index (κ2) is 4.62. The number of nitriles is 1. The third-order valence-electron chi connectivity index (χ3n) is 2.99. The smallest absolute Gasteiger partial charge is 0.141 e. The molecule has 1 atom stereocenters. The van der Waals surface area contributed by atoms with E-state index >= 15 is 0 Å². The van der Waals surface area contributed by atoms with Crippen LogP contribution in [-0.4, -0.2) is 32.3 Å². The molecule has 0 aromatic carbocycles. The summed E-state index contributed by atoms with van der Waals surface area (Å²) in [7, 11) is 0. The Morgan fingerprint density at radius 3 is 3.12 bits per heavy atom. The van der Waals surface area contributed by atoms with Crippen LogP contribution < -0.4 is 0 Å². The summed E-state index contributed by atoms with van der Waals surface area (Å²) < 4.78 is 1.92. The summed E-state index contributed by atoms with van der Waals surface area (Å²) >= 11 is 0. The van der Waals surface area contributed by atoms with Crippen LogP contribution in [0.25, 0.3) is 0 Å². The van der Waals surface area contributed by atoms with E-state index in [9.17, 15) is 0 Å². The van der Waals surface area contributed by atoms with Crippen LogP contribution in [0.2, 0.25) is 0 Å². The van der Waals surface area contributed by atoms with E-state index in [1.54, 1.807) is 6.33 Å². The zero-order valence-corrected chi connectivity index (χ0v) is 9.80. The maximum absolute atomic E-state index is 9.01. The van der Waals surface area contributed by atoms with Gasteiger partial charge in [-0.05, 0) is 33.2 Å². The average molecular weight is 219 g/mol. The van der Waals surface area contributed by atoms with E-state index in [2.05, 4.69) is 34.9 Å². The van der Waals surface area contributed by atoms with Gasteiger partial charge in [-0.3, -0.25) is 4.90 Å². The monoisotopic (exact) mass is 219 g/mol. The molecule has 86 valence electrons. The first-order valence-corrected chi connectivity index (χ1v) is 5.74. The largest absolute Gasteiger partial charge is 0.281 e. The van der Waals surface area contributed by atoms with E-state index in [-0.39, 0.29) is 6.04 Å². The standard InChI is InChI=1S/C11H17N5/c1-9(2)16-11(13-8-14-16)7-15-5-3-4-10(15)6-12/h8-10H,3-5,7H2,1-2H3. The van der Waals surface area contributed by atoms with Crippen LogP contribution in [0.3, 0.4) is 0 Å². The van der Waals surface area contributed by atoms with Gasteiger partial charge in [-0.2, -0.15) is 10.4 Å². The predicted molar refractivity (Wildman–Crippen MR) is 59.5 cm³/mol. The van der Waals surface area contributed by atoms with Crippen molar-refractivity contribution in [2.75, 3.05) is 6.54 Å². The maximum Gasteiger partial charge on any atom is 0.141 e. The van der Waals surface area contributed by atoms with Crippen LogP contribution in [0, 0.1) is 11.3 Å². The molecule has 0 saturated carbocycles. The molecule has 5 heteroatoms. The van der Waals surface area contributed by atoms with Crippen molar-refractivity contribution in [2.45, 2.75) is 45.3 Å². The van der Waals surface area contributed by atoms with Gasteiger partial charge >= 0.3 is 0 Å². The fourth-order valence-corrected chi connectivity index (χ4v) is 2.16. The number of aromatic nitrogens is 3. The van der Waals surface area contributed by atoms with Crippen molar-refractivity contribution in [3.63, 3.8) is 0 Å². The number of likely N-dealkylation sites (tertiary alicyclic amines) is 1. The zero-order chi connectivity index (χ0) is 11.5. The normalized spacial score (nSPS) is 21.5. The predicted octanol–water partition coefficient (Wildman–Crippen LogP) is 1.35. The molecule has 1 saturated heterocycles. The van der Waals surface area contributed by atoms with Crippen LogP contribution in [0.15, 0.2) is 6.33 Å². The molecule has 1 aromatic heterocycles. The second-order valence-electron chi connectivity index (χ2n) is 4.47. The van der Waals surface area contributed by atoms with E-state index in [0.717, 1.165) is 31.8 Å². The van der Waals surface area contributed by atoms with Gasteiger partial charge in [-0.1, -0.05) is 0 Å². The Bertz CT molecular complexity index is 389. The molecule has 0 spiro atoms. The summed E-state index contributed by atoms with van der Waals surface area (Å²) in [5.74, 6) is 0.956. The van der Waals surface area contributed by atoms with Crippen LogP contribution in [0.1, 0.15) is 38.6 Å². The number of nitrogens with zero attached hydrogens (tertiary/aromatic N) is 5. The van der Waals surface area contributed by atoms with Gasteiger partial charge in [0.1, 0.15) is 12.2 Å². The molecule has 0 radical (unpaired) electrons. The Morgan fingerprint density at radius 2 is 2.44 bits per heavy atom. The Labute approximate surface area is 95.7 Å². The van der Waals surface area contributed by atoms with Gasteiger partial charge in [0.2, 0.25) is 0 Å². The fraction of sp³-hybridized carbons (Fsp3) is 0.727. The van der Waals surface area contributed by atoms with Gasteiger partial charge in [-0.15, -0.1) is 0 Å². The Balaban J connectivity index is 2.09. The minimum Gasteiger partial charge on any atom is -0.281 e. The lowest BCUT2D eigenvalue weighted by Crippen LogP contribution is -2.29. The lowest BCUT2D eigenvalue weighted by Gasteiger charge is -2.19. The highest BCUT2D eigenvalue weighted by molar-refractivity contribution is 4.98. The summed E-state index contributed by atoms with van der Waals surface area (Å²) in [5.41, 5.74) is 0. The van der Waals surface area contributed by atoms with E-state index in [0.29, 0.717) is 6.04 Å². The van der Waals surface area contributed by atoms with Gasteiger partial charge in [0, 0.05) is 6.04 Å². The molecule has 2 rings (SSSR count). The number of rotatable bonds is 3. The summed E-state index contributed by atoms with van der Waals surface area (Å²) in [6.07, 6.45) is 3.67. The Kier molecular flexibility index (Phi) is 3.20. The van der Waals surface area contributed by atoms with Crippen LogP contribution in [0.5, 0.6) is 0 Å². The van der Waals surface area contributed by atoms with Crippen molar-refractivity contribution in [3.05, 3.63) is 12.2 Å². The van der Waals surface area contributed by atoms with Gasteiger partial charge in [0.15, 0.2) is 0 Å². The molecule has 1 aliphatic rings. The SMILES string of the molecule is CC(C)n1ncnc1CN1CCCC1C#N. The van der Waals surface area contributed by atoms with Gasteiger partial charge < -0.3 is 0 Å². The summed E-state index contributed by atoms with van der Waals surface area (Å²) in [4.78, 5) is 6.45. The minimum absolute atomic E-state index is 0.0531. The first kappa shape index (κ1) is 11.1. The Morgan fingerprint density at radius 1 is 1.62 bits per heavy atom. The first-order valence-electron chi connectivity index (χ1n) is 5.74. The molecule has 1 aliphatic heterocycles. The lowest BCUT2D eigenvalue weighted by atomic mass is 10.2. The zero-order valence-electron chi connectivity index (χ0n) is 9.80. The maximum atomic E-state index is 9.01. The molecule has 1 aromatic rings. The number of hydrogen-bond donors (Lipinski definition) is 0. The average Bonchev–Trinajstić information content (AvgIpc) is 2.86. The third kappa shape index (κ3) is 2.07. The molecule has 1 fully saturated rings. The molecule has 0 N–H and O–H groups in total. The van der Waals surface area contributed by atoms with Crippen LogP contribution in [0.4, 0.5) is 0 Å². The van der Waals surface area contributed by atoms with E-state index < -0.39 is 0 Å². The highest BCUT2D eigenvalue weighted by Gasteiger charge is 2.25. The van der Waals surface area contributed by atoms with Crippen LogP contribution >= 0.6 is 0 Å². The van der Waals surface area contributed by atoms with Gasteiger partial charge in [-0.25, -0.2) is 9.67 Å². The van der Waals surface area contributed by atoms with Crippen molar-refractivity contribution in [1.82, 2.24) is 19.7 Å². The van der Waals surface area contributed by atoms with Crippen molar-refractivity contribution in [2.24, 2.45) is 0 Å². The summed E-state index contributed by atoms with van der Waals surface area (Å²) in [6.45, 7) is 5.90. The van der Waals surface area contributed by atoms with Crippen molar-refractivity contribution in [1.29, 1.82) is 5.26 Å². The third-order valence-corrected chi connectivity index (χ3v) is 2.99. The van der Waals surface area contributed by atoms with Crippen molar-refractivity contribution < 1.29 is 0 Å². The molecule has 0 aliphatic carbocycles. The highest BCUT2D eigenvalue weighted by Crippen LogP contribution is 2.19. The van der Waals surface area contributed by atoms with E-state index in [1.165, 1.54) is 0 Å². The fourth-order valence-electron chi connectivity index (χ4n) is 2.16. The molecule has 2 heterocycles. The quantitative estimate of drug-likeness (QED) is 0.770. The van der Waals surface area contributed by atoms with Gasteiger partial charge in [0.25, 0.3) is 0 Å². The van der Waals surface area contributed by atoms with Crippen molar-refractivity contribution in [3.8, 4) is 6.07 Å². The van der Waals surface area contributed by atoms with E-state index in [4.69, 9.17) is 5.26 Å². The van der Waals surface area contributed by atoms with Crippen molar-refractivity contribution >= 4 is 0 Å². The number of hydrogen-bond acceptors (Lipinski definition) is 4. The molecule has 16 heavy (non-hydrogen) atoms. The Hall–Kier alpha value is -1.41. The lowest BCUT2D eigenvalue weighted by molar-refractivity contribution is 0.270. The minimum atomic E-state index is 0.0531. The molecule has 1 unspecified atom stereocenters. The molecular formula is C11H17N5. The van der Waals surface area contributed by atoms with Gasteiger partial charge in [0.05, 0.1) is 18.7 Å².